The van der Waals surface area contributed by atoms with E-state index in [1.165, 1.54) is 4.88 Å². The Morgan fingerprint density at radius 1 is 1.30 bits per heavy atom. The first-order valence-electron chi connectivity index (χ1n) is 7.13. The summed E-state index contributed by atoms with van der Waals surface area (Å²) in [5.41, 5.74) is 7.96. The molecule has 0 aliphatic rings. The molecule has 1 atom stereocenters. The van der Waals surface area contributed by atoms with Gasteiger partial charge in [-0.15, -0.1) is 36.2 Å². The lowest BCUT2D eigenvalue weighted by molar-refractivity contribution is -0.122. The van der Waals surface area contributed by atoms with E-state index in [1.807, 2.05) is 37.4 Å². The van der Waals surface area contributed by atoms with E-state index < -0.39 is 6.04 Å². The summed E-state index contributed by atoms with van der Waals surface area (Å²) in [6.45, 7) is 4.68. The summed E-state index contributed by atoms with van der Waals surface area (Å²) < 4.78 is 0. The van der Waals surface area contributed by atoms with Gasteiger partial charge in [0.25, 0.3) is 0 Å². The molecule has 2 aromatic rings. The van der Waals surface area contributed by atoms with Gasteiger partial charge in [-0.25, -0.2) is 4.98 Å². The lowest BCUT2D eigenvalue weighted by Crippen LogP contribution is -2.35. The van der Waals surface area contributed by atoms with E-state index in [9.17, 15) is 4.79 Å². The van der Waals surface area contributed by atoms with Crippen molar-refractivity contribution in [1.82, 2.24) is 10.3 Å². The van der Waals surface area contributed by atoms with Gasteiger partial charge in [0.2, 0.25) is 5.91 Å². The minimum absolute atomic E-state index is 0. The number of carbonyl (C=O) groups excluding carboxylic acids is 1. The molecule has 2 rings (SSSR count). The zero-order valence-electron chi connectivity index (χ0n) is 13.2. The molecule has 3 N–H and O–H groups in total. The minimum Gasteiger partial charge on any atom is -0.354 e. The summed E-state index contributed by atoms with van der Waals surface area (Å²) >= 11 is 1.70. The highest BCUT2D eigenvalue weighted by Crippen LogP contribution is 2.14. The van der Waals surface area contributed by atoms with Crippen molar-refractivity contribution >= 4 is 42.1 Å². The summed E-state index contributed by atoms with van der Waals surface area (Å²) in [5.74, 6) is -0.147. The van der Waals surface area contributed by atoms with Crippen LogP contribution in [0.3, 0.4) is 0 Å². The third-order valence-electron chi connectivity index (χ3n) is 3.31. The van der Waals surface area contributed by atoms with E-state index >= 15 is 0 Å². The highest BCUT2D eigenvalue weighted by Gasteiger charge is 2.15. The number of hydrogen-bond donors (Lipinski definition) is 2. The van der Waals surface area contributed by atoms with Crippen molar-refractivity contribution in [3.63, 3.8) is 0 Å². The molecule has 7 heteroatoms. The standard InChI is InChI=1S/C16H21N3OS.2ClH/c1-3-13-10-19-14(21-13)8-9-18-16(20)15(17)12-6-4-11(2)5-7-12;;/h4-7,10,15H,3,8-9,17H2,1-2H3,(H,18,20);2*1H. The second kappa shape index (κ2) is 10.6. The second-order valence-electron chi connectivity index (χ2n) is 5.00. The van der Waals surface area contributed by atoms with Crippen LogP contribution in [0.4, 0.5) is 0 Å². The number of rotatable bonds is 6. The Bertz CT molecular complexity index is 602. The number of halogens is 2. The van der Waals surface area contributed by atoms with Gasteiger partial charge in [0.1, 0.15) is 6.04 Å². The van der Waals surface area contributed by atoms with Gasteiger partial charge in [-0.1, -0.05) is 36.8 Å². The fourth-order valence-electron chi connectivity index (χ4n) is 1.95. The maximum atomic E-state index is 12.0. The van der Waals surface area contributed by atoms with Gasteiger partial charge in [0.15, 0.2) is 0 Å². The van der Waals surface area contributed by atoms with E-state index in [4.69, 9.17) is 5.73 Å². The molecular formula is C16H23Cl2N3OS. The number of amides is 1. The molecule has 1 heterocycles. The maximum absolute atomic E-state index is 12.0. The summed E-state index contributed by atoms with van der Waals surface area (Å²) in [6, 6.07) is 7.10. The van der Waals surface area contributed by atoms with Crippen LogP contribution in [0.2, 0.25) is 0 Å². The Morgan fingerprint density at radius 3 is 2.52 bits per heavy atom. The minimum atomic E-state index is -0.618. The molecule has 0 fully saturated rings. The van der Waals surface area contributed by atoms with Crippen LogP contribution in [-0.4, -0.2) is 17.4 Å². The van der Waals surface area contributed by atoms with Gasteiger partial charge in [-0.3, -0.25) is 4.79 Å². The quantitative estimate of drug-likeness (QED) is 0.814. The number of thiazole rings is 1. The molecule has 0 bridgehead atoms. The third-order valence-corrected chi connectivity index (χ3v) is 4.51. The molecule has 1 unspecified atom stereocenters. The fraction of sp³-hybridized carbons (Fsp3) is 0.375. The largest absolute Gasteiger partial charge is 0.354 e. The van der Waals surface area contributed by atoms with Crippen molar-refractivity contribution < 1.29 is 4.79 Å². The smallest absolute Gasteiger partial charge is 0.241 e. The van der Waals surface area contributed by atoms with Crippen molar-refractivity contribution in [2.75, 3.05) is 6.54 Å². The first-order valence-corrected chi connectivity index (χ1v) is 7.95. The molecule has 0 aliphatic heterocycles. The fourth-order valence-corrected chi connectivity index (χ4v) is 2.82. The number of nitrogens with one attached hydrogen (secondary N) is 1. The van der Waals surface area contributed by atoms with Crippen LogP contribution < -0.4 is 11.1 Å². The average Bonchev–Trinajstić information content (AvgIpc) is 2.95. The van der Waals surface area contributed by atoms with Crippen LogP contribution >= 0.6 is 36.2 Å². The number of aromatic nitrogens is 1. The number of nitrogens with zero attached hydrogens (tertiary/aromatic N) is 1. The number of carbonyl (C=O) groups is 1. The lowest BCUT2D eigenvalue weighted by atomic mass is 10.1. The van der Waals surface area contributed by atoms with Crippen molar-refractivity contribution in [1.29, 1.82) is 0 Å². The molecule has 128 valence electrons. The molecule has 0 radical (unpaired) electrons. The Hall–Kier alpha value is -1.14. The lowest BCUT2D eigenvalue weighted by Gasteiger charge is -2.12. The Morgan fingerprint density at radius 2 is 1.96 bits per heavy atom. The summed E-state index contributed by atoms with van der Waals surface area (Å²) in [5, 5.41) is 3.93. The van der Waals surface area contributed by atoms with Crippen LogP contribution in [0.1, 0.15) is 34.0 Å². The van der Waals surface area contributed by atoms with Gasteiger partial charge in [-0.05, 0) is 18.9 Å². The molecule has 4 nitrogen and oxygen atoms in total. The van der Waals surface area contributed by atoms with E-state index in [1.54, 1.807) is 11.3 Å². The van der Waals surface area contributed by atoms with Crippen LogP contribution in [0, 0.1) is 6.92 Å². The first-order chi connectivity index (χ1) is 10.1. The maximum Gasteiger partial charge on any atom is 0.241 e. The Labute approximate surface area is 153 Å². The van der Waals surface area contributed by atoms with Crippen molar-refractivity contribution in [3.05, 3.63) is 51.5 Å². The zero-order chi connectivity index (χ0) is 15.2. The number of nitrogens with two attached hydrogens (primary N) is 1. The number of hydrogen-bond acceptors (Lipinski definition) is 4. The predicted molar refractivity (Wildman–Crippen MR) is 101 cm³/mol. The predicted octanol–water partition coefficient (Wildman–Crippen LogP) is 3.22. The number of aryl methyl sites for hydroxylation is 2. The molecule has 1 amide bonds. The molecule has 1 aromatic carbocycles. The Balaban J connectivity index is 0.00000242. The molecule has 0 spiro atoms. The normalized spacial score (nSPS) is 11.1. The molecule has 23 heavy (non-hydrogen) atoms. The SMILES string of the molecule is CCc1cnc(CCNC(=O)C(N)c2ccc(C)cc2)s1.Cl.Cl. The van der Waals surface area contributed by atoms with Crippen molar-refractivity contribution in [3.8, 4) is 0 Å². The van der Waals surface area contributed by atoms with E-state index in [0.29, 0.717) is 6.54 Å². The molecule has 0 aliphatic carbocycles. The average molecular weight is 376 g/mol. The monoisotopic (exact) mass is 375 g/mol. The summed E-state index contributed by atoms with van der Waals surface area (Å²) in [4.78, 5) is 17.6. The highest BCUT2D eigenvalue weighted by molar-refractivity contribution is 7.11. The Kier molecular flexibility index (Phi) is 10.1. The molecule has 0 saturated heterocycles. The molecule has 1 aromatic heterocycles. The van der Waals surface area contributed by atoms with Crippen molar-refractivity contribution in [2.45, 2.75) is 32.7 Å². The van der Waals surface area contributed by atoms with Gasteiger partial charge in [0, 0.05) is 24.0 Å². The van der Waals surface area contributed by atoms with Crippen LogP contribution in [0.15, 0.2) is 30.5 Å². The van der Waals surface area contributed by atoms with E-state index in [0.717, 1.165) is 29.0 Å². The van der Waals surface area contributed by atoms with Gasteiger partial charge >= 0.3 is 0 Å². The molecular weight excluding hydrogens is 353 g/mol. The van der Waals surface area contributed by atoms with Crippen LogP contribution in [0.5, 0.6) is 0 Å². The topological polar surface area (TPSA) is 68.0 Å². The highest BCUT2D eigenvalue weighted by atomic mass is 35.5. The van der Waals surface area contributed by atoms with Crippen LogP contribution in [-0.2, 0) is 17.6 Å². The number of benzene rings is 1. The van der Waals surface area contributed by atoms with Crippen molar-refractivity contribution in [2.24, 2.45) is 5.73 Å². The van der Waals surface area contributed by atoms with Gasteiger partial charge < -0.3 is 11.1 Å². The third kappa shape index (κ3) is 6.47. The summed E-state index contributed by atoms with van der Waals surface area (Å²) in [6.07, 6.45) is 3.65. The molecule has 0 saturated carbocycles. The van der Waals surface area contributed by atoms with E-state index in [-0.39, 0.29) is 30.7 Å². The first kappa shape index (κ1) is 21.9. The second-order valence-corrected chi connectivity index (χ2v) is 6.20. The van der Waals surface area contributed by atoms with Crippen LogP contribution in [0.25, 0.3) is 0 Å². The summed E-state index contributed by atoms with van der Waals surface area (Å²) in [7, 11) is 0. The van der Waals surface area contributed by atoms with E-state index in [2.05, 4.69) is 17.2 Å². The van der Waals surface area contributed by atoms with Gasteiger partial charge in [0.05, 0.1) is 5.01 Å². The zero-order valence-corrected chi connectivity index (χ0v) is 15.7. The van der Waals surface area contributed by atoms with Gasteiger partial charge in [-0.2, -0.15) is 0 Å².